The van der Waals surface area contributed by atoms with Gasteiger partial charge < -0.3 is 25.4 Å². The average Bonchev–Trinajstić information content (AvgIpc) is 2.97. The monoisotopic (exact) mass is 537 g/mol. The Morgan fingerprint density at radius 2 is 1.95 bits per heavy atom. The number of aliphatic hydroxyl groups excluding tert-OH is 1. The molecule has 3 atom stereocenters. The molecule has 9 nitrogen and oxygen atoms in total. The van der Waals surface area contributed by atoms with Gasteiger partial charge in [0.2, 0.25) is 5.91 Å². The number of nitrogens with zero attached hydrogens (tertiary/aromatic N) is 3. The Balaban J connectivity index is 1.53. The molecule has 212 valence electrons. The van der Waals surface area contributed by atoms with E-state index in [1.165, 1.54) is 6.42 Å². The molecular weight excluding hydrogens is 494 g/mol. The number of urea groups is 1. The highest BCUT2D eigenvalue weighted by Crippen LogP contribution is 2.29. The molecular formula is C30H43N5O4. The van der Waals surface area contributed by atoms with Crippen molar-refractivity contribution in [2.45, 2.75) is 77.1 Å². The van der Waals surface area contributed by atoms with E-state index in [0.717, 1.165) is 43.4 Å². The molecule has 2 aliphatic rings. The van der Waals surface area contributed by atoms with Crippen molar-refractivity contribution in [3.63, 3.8) is 0 Å². The molecule has 1 fully saturated rings. The summed E-state index contributed by atoms with van der Waals surface area (Å²) in [5.41, 5.74) is 2.51. The number of pyridine rings is 1. The number of carbonyl (C=O) groups is 2. The lowest BCUT2D eigenvalue weighted by atomic mass is 9.96. The first kappa shape index (κ1) is 28.8. The zero-order chi connectivity index (χ0) is 27.8. The third-order valence-corrected chi connectivity index (χ3v) is 7.81. The van der Waals surface area contributed by atoms with Gasteiger partial charge in [-0.2, -0.15) is 0 Å². The fourth-order valence-electron chi connectivity index (χ4n) is 5.50. The molecule has 0 spiro atoms. The number of carbonyl (C=O) groups excluding carboxylic acids is 2. The summed E-state index contributed by atoms with van der Waals surface area (Å²) in [5, 5.41) is 15.9. The van der Waals surface area contributed by atoms with Gasteiger partial charge in [0.1, 0.15) is 11.9 Å². The number of fused-ring (bicyclic) bond motifs is 1. The van der Waals surface area contributed by atoms with Crippen LogP contribution in [0, 0.1) is 5.92 Å². The van der Waals surface area contributed by atoms with Crippen LogP contribution in [0.5, 0.6) is 5.75 Å². The number of benzene rings is 1. The summed E-state index contributed by atoms with van der Waals surface area (Å²) in [6.45, 7) is 5.73. The molecule has 1 aromatic heterocycles. The first-order chi connectivity index (χ1) is 18.8. The van der Waals surface area contributed by atoms with Gasteiger partial charge in [0, 0.05) is 55.2 Å². The third kappa shape index (κ3) is 8.16. The van der Waals surface area contributed by atoms with Crippen molar-refractivity contribution >= 4 is 17.6 Å². The Bertz CT molecular complexity index is 1090. The fourth-order valence-corrected chi connectivity index (χ4v) is 5.50. The molecule has 0 saturated heterocycles. The van der Waals surface area contributed by atoms with Gasteiger partial charge in [-0.1, -0.05) is 26.2 Å². The van der Waals surface area contributed by atoms with Gasteiger partial charge in [0.25, 0.3) is 0 Å². The Hall–Kier alpha value is -3.17. The summed E-state index contributed by atoms with van der Waals surface area (Å²) >= 11 is 0. The number of likely N-dealkylation sites (N-methyl/N-ethyl adjacent to an activating group) is 1. The Morgan fingerprint density at radius 3 is 2.67 bits per heavy atom. The lowest BCUT2D eigenvalue weighted by molar-refractivity contribution is -0.134. The first-order valence-electron chi connectivity index (χ1n) is 14.2. The van der Waals surface area contributed by atoms with Gasteiger partial charge >= 0.3 is 6.03 Å². The molecule has 1 saturated carbocycles. The SMILES string of the molecule is C[C@@H]1CN([C@H](C)CO)C(=O)Cc2cc(NC(=O)NC3CCCCC3)ccc2O[C@@H]1CN(C)Cc1ccncc1. The molecule has 0 unspecified atom stereocenters. The smallest absolute Gasteiger partial charge is 0.319 e. The van der Waals surface area contributed by atoms with Crippen LogP contribution in [-0.4, -0.2) is 76.8 Å². The van der Waals surface area contributed by atoms with Crippen molar-refractivity contribution in [1.82, 2.24) is 20.1 Å². The zero-order valence-electron chi connectivity index (χ0n) is 23.4. The van der Waals surface area contributed by atoms with E-state index in [0.29, 0.717) is 24.5 Å². The largest absolute Gasteiger partial charge is 0.488 e. The summed E-state index contributed by atoms with van der Waals surface area (Å²) < 4.78 is 6.61. The molecule has 1 aromatic carbocycles. The van der Waals surface area contributed by atoms with Gasteiger partial charge in [-0.3, -0.25) is 14.7 Å². The molecule has 3 N–H and O–H groups in total. The number of ether oxygens (including phenoxy) is 1. The van der Waals surface area contributed by atoms with Crippen LogP contribution in [0.15, 0.2) is 42.7 Å². The summed E-state index contributed by atoms with van der Waals surface area (Å²) in [6.07, 6.45) is 9.05. The molecule has 3 amide bonds. The van der Waals surface area contributed by atoms with Crippen LogP contribution in [0.3, 0.4) is 0 Å². The van der Waals surface area contributed by atoms with E-state index >= 15 is 0 Å². The van der Waals surface area contributed by atoms with E-state index in [9.17, 15) is 14.7 Å². The van der Waals surface area contributed by atoms with Gasteiger partial charge in [0.05, 0.1) is 19.1 Å². The molecule has 4 rings (SSSR count). The normalized spacial score (nSPS) is 21.3. The van der Waals surface area contributed by atoms with E-state index < -0.39 is 0 Å². The minimum atomic E-state index is -0.306. The van der Waals surface area contributed by atoms with E-state index in [-0.39, 0.29) is 49.1 Å². The van der Waals surface area contributed by atoms with E-state index in [2.05, 4.69) is 34.5 Å². The molecule has 0 bridgehead atoms. The van der Waals surface area contributed by atoms with Crippen molar-refractivity contribution in [2.24, 2.45) is 5.92 Å². The molecule has 1 aliphatic heterocycles. The minimum Gasteiger partial charge on any atom is -0.488 e. The van der Waals surface area contributed by atoms with Crippen LogP contribution < -0.4 is 15.4 Å². The number of rotatable bonds is 8. The van der Waals surface area contributed by atoms with Gasteiger partial charge in [0.15, 0.2) is 0 Å². The van der Waals surface area contributed by atoms with Crippen LogP contribution in [0.4, 0.5) is 10.5 Å². The van der Waals surface area contributed by atoms with E-state index in [1.54, 1.807) is 17.3 Å². The number of amides is 3. The lowest BCUT2D eigenvalue weighted by Crippen LogP contribution is -2.47. The summed E-state index contributed by atoms with van der Waals surface area (Å²) in [6, 6.07) is 9.20. The standard InChI is InChI=1S/C30H43N5O4/c1-21-17-35(22(2)20-36)29(37)16-24-15-26(33-30(38)32-25-7-5-4-6-8-25)9-10-27(24)39-28(21)19-34(3)18-23-11-13-31-14-12-23/h9-15,21-22,25,28,36H,4-8,16-20H2,1-3H3,(H2,32,33,38)/t21-,22-,28-/m1/s1. The topological polar surface area (TPSA) is 107 Å². The van der Waals surface area contributed by atoms with Gasteiger partial charge in [-0.15, -0.1) is 0 Å². The highest BCUT2D eigenvalue weighted by atomic mass is 16.5. The minimum absolute atomic E-state index is 0.0212. The van der Waals surface area contributed by atoms with Gasteiger partial charge in [-0.05, 0) is 62.7 Å². The average molecular weight is 538 g/mol. The highest BCUT2D eigenvalue weighted by Gasteiger charge is 2.31. The fraction of sp³-hybridized carbons (Fsp3) is 0.567. The zero-order valence-corrected chi connectivity index (χ0v) is 23.4. The lowest BCUT2D eigenvalue weighted by Gasteiger charge is -2.34. The third-order valence-electron chi connectivity index (χ3n) is 7.81. The molecule has 0 radical (unpaired) electrons. The second-order valence-electron chi connectivity index (χ2n) is 11.2. The van der Waals surface area contributed by atoms with Crippen molar-refractivity contribution in [3.05, 3.63) is 53.9 Å². The van der Waals surface area contributed by atoms with Crippen molar-refractivity contribution in [1.29, 1.82) is 0 Å². The van der Waals surface area contributed by atoms with E-state index in [1.807, 2.05) is 37.3 Å². The van der Waals surface area contributed by atoms with Crippen LogP contribution in [-0.2, 0) is 17.8 Å². The molecule has 9 heteroatoms. The Kier molecular flexibility index (Phi) is 10.2. The van der Waals surface area contributed by atoms with Crippen LogP contribution in [0.1, 0.15) is 57.1 Å². The number of aliphatic hydroxyl groups is 1. The van der Waals surface area contributed by atoms with Gasteiger partial charge in [-0.25, -0.2) is 4.79 Å². The maximum Gasteiger partial charge on any atom is 0.319 e. The molecule has 39 heavy (non-hydrogen) atoms. The van der Waals surface area contributed by atoms with Crippen molar-refractivity contribution in [2.75, 3.05) is 32.1 Å². The first-order valence-corrected chi connectivity index (χ1v) is 14.2. The molecule has 1 aliphatic carbocycles. The van der Waals surface area contributed by atoms with Crippen LogP contribution >= 0.6 is 0 Å². The second kappa shape index (κ2) is 13.8. The predicted octanol–water partition coefficient (Wildman–Crippen LogP) is 3.82. The number of aromatic nitrogens is 1. The quantitative estimate of drug-likeness (QED) is 0.473. The van der Waals surface area contributed by atoms with Crippen molar-refractivity contribution < 1.29 is 19.4 Å². The number of nitrogens with one attached hydrogen (secondary N) is 2. The maximum atomic E-state index is 13.4. The number of hydrogen-bond donors (Lipinski definition) is 3. The maximum absolute atomic E-state index is 13.4. The highest BCUT2D eigenvalue weighted by molar-refractivity contribution is 5.90. The van der Waals surface area contributed by atoms with Crippen molar-refractivity contribution in [3.8, 4) is 5.75 Å². The predicted molar refractivity (Wildman–Crippen MR) is 152 cm³/mol. The number of anilines is 1. The summed E-state index contributed by atoms with van der Waals surface area (Å²) in [7, 11) is 2.06. The Morgan fingerprint density at radius 1 is 1.21 bits per heavy atom. The summed E-state index contributed by atoms with van der Waals surface area (Å²) in [4.78, 5) is 34.2. The molecule has 2 heterocycles. The molecule has 2 aromatic rings. The Labute approximate surface area is 231 Å². The van der Waals surface area contributed by atoms with E-state index in [4.69, 9.17) is 4.74 Å². The summed E-state index contributed by atoms with van der Waals surface area (Å²) in [5.74, 6) is 0.602. The number of hydrogen-bond acceptors (Lipinski definition) is 6. The second-order valence-corrected chi connectivity index (χ2v) is 11.2. The van der Waals surface area contributed by atoms with Crippen LogP contribution in [0.2, 0.25) is 0 Å². The van der Waals surface area contributed by atoms with Crippen LogP contribution in [0.25, 0.3) is 0 Å².